The van der Waals surface area contributed by atoms with E-state index >= 15 is 0 Å². The largest absolute Gasteiger partial charge is 0.379 e. The highest BCUT2D eigenvalue weighted by Crippen LogP contribution is 2.03. The maximum atomic E-state index is 11.4. The van der Waals surface area contributed by atoms with Crippen LogP contribution in [0.15, 0.2) is 6.20 Å². The molecule has 1 aromatic rings. The molecular formula is C20H37N3O5. The normalized spacial score (nSPS) is 11.6. The van der Waals surface area contributed by atoms with Gasteiger partial charge in [-0.1, -0.05) is 32.9 Å². The van der Waals surface area contributed by atoms with Crippen molar-refractivity contribution in [2.24, 2.45) is 11.8 Å². The standard InChI is InChI=1S/C20H37N3O5/c1-17(2)5-7-23-15-19(21-22-23)16-28-14-13-27-12-11-26-10-9-25-8-6-20(24)18(3)4/h15,17-18H,5-14,16H2,1-4H3. The van der Waals surface area contributed by atoms with E-state index in [0.29, 0.717) is 65.2 Å². The van der Waals surface area contributed by atoms with Crippen LogP contribution in [0.2, 0.25) is 0 Å². The summed E-state index contributed by atoms with van der Waals surface area (Å²) in [6, 6.07) is 0. The molecule has 1 aromatic heterocycles. The Morgan fingerprint density at radius 2 is 1.50 bits per heavy atom. The van der Waals surface area contributed by atoms with Crippen LogP contribution in [0.4, 0.5) is 0 Å². The third kappa shape index (κ3) is 12.9. The molecule has 1 rings (SSSR count). The van der Waals surface area contributed by atoms with Gasteiger partial charge >= 0.3 is 0 Å². The molecule has 8 heteroatoms. The Labute approximate surface area is 168 Å². The highest BCUT2D eigenvalue weighted by molar-refractivity contribution is 5.80. The second kappa shape index (κ2) is 15.6. The quantitative estimate of drug-likeness (QED) is 0.351. The predicted molar refractivity (Wildman–Crippen MR) is 106 cm³/mol. The zero-order chi connectivity index (χ0) is 20.6. The molecule has 162 valence electrons. The van der Waals surface area contributed by atoms with Gasteiger partial charge in [-0.2, -0.15) is 0 Å². The van der Waals surface area contributed by atoms with Crippen LogP contribution in [0.25, 0.3) is 0 Å². The Kier molecular flexibility index (Phi) is 13.7. The van der Waals surface area contributed by atoms with Crippen LogP contribution in [-0.4, -0.2) is 67.0 Å². The number of hydrogen-bond donors (Lipinski definition) is 0. The molecule has 0 N–H and O–H groups in total. The number of rotatable bonds is 18. The van der Waals surface area contributed by atoms with E-state index in [9.17, 15) is 4.79 Å². The smallest absolute Gasteiger partial charge is 0.137 e. The minimum atomic E-state index is 0.0738. The first kappa shape index (κ1) is 24.7. The predicted octanol–water partition coefficient (Wildman–Crippen LogP) is 2.51. The molecule has 1 heterocycles. The van der Waals surface area contributed by atoms with Crippen molar-refractivity contribution in [2.45, 2.75) is 53.7 Å². The Hall–Kier alpha value is -1.35. The van der Waals surface area contributed by atoms with Gasteiger partial charge in [0.2, 0.25) is 0 Å². The molecular weight excluding hydrogens is 362 g/mol. The van der Waals surface area contributed by atoms with Crippen LogP contribution in [0, 0.1) is 11.8 Å². The molecule has 0 spiro atoms. The average molecular weight is 400 g/mol. The summed E-state index contributed by atoms with van der Waals surface area (Å²) in [5, 5.41) is 8.19. The van der Waals surface area contributed by atoms with Gasteiger partial charge in [-0.3, -0.25) is 9.48 Å². The number of carbonyl (C=O) groups excluding carboxylic acids is 1. The molecule has 0 saturated carbocycles. The molecule has 0 fully saturated rings. The number of aryl methyl sites for hydroxylation is 1. The first-order valence-corrected chi connectivity index (χ1v) is 10.2. The van der Waals surface area contributed by atoms with E-state index in [2.05, 4.69) is 24.2 Å². The Morgan fingerprint density at radius 3 is 2.07 bits per heavy atom. The minimum absolute atomic E-state index is 0.0738. The lowest BCUT2D eigenvalue weighted by atomic mass is 10.1. The van der Waals surface area contributed by atoms with Gasteiger partial charge in [-0.25, -0.2) is 0 Å². The van der Waals surface area contributed by atoms with Crippen LogP contribution in [0.5, 0.6) is 0 Å². The summed E-state index contributed by atoms with van der Waals surface area (Å²) in [4.78, 5) is 11.4. The van der Waals surface area contributed by atoms with Crippen LogP contribution in [0.1, 0.15) is 46.2 Å². The van der Waals surface area contributed by atoms with Crippen molar-refractivity contribution in [1.82, 2.24) is 15.0 Å². The fourth-order valence-corrected chi connectivity index (χ4v) is 2.20. The lowest BCUT2D eigenvalue weighted by molar-refractivity contribution is -0.123. The van der Waals surface area contributed by atoms with Crippen LogP contribution < -0.4 is 0 Å². The number of ether oxygens (including phenoxy) is 4. The van der Waals surface area contributed by atoms with Gasteiger partial charge < -0.3 is 18.9 Å². The summed E-state index contributed by atoms with van der Waals surface area (Å²) in [7, 11) is 0. The SMILES string of the molecule is CC(C)CCn1cc(COCCOCCOCCOCCC(=O)C(C)C)nn1. The van der Waals surface area contributed by atoms with Crippen molar-refractivity contribution in [3.63, 3.8) is 0 Å². The highest BCUT2D eigenvalue weighted by atomic mass is 16.6. The summed E-state index contributed by atoms with van der Waals surface area (Å²) in [5.41, 5.74) is 0.835. The molecule has 0 radical (unpaired) electrons. The third-order valence-electron chi connectivity index (χ3n) is 4.02. The van der Waals surface area contributed by atoms with Gasteiger partial charge in [0.25, 0.3) is 0 Å². The Morgan fingerprint density at radius 1 is 0.929 bits per heavy atom. The summed E-state index contributed by atoms with van der Waals surface area (Å²) >= 11 is 0. The molecule has 0 amide bonds. The molecule has 0 atom stereocenters. The molecule has 8 nitrogen and oxygen atoms in total. The second-order valence-corrected chi connectivity index (χ2v) is 7.42. The molecule has 0 aliphatic carbocycles. The Bertz CT molecular complexity index is 520. The maximum Gasteiger partial charge on any atom is 0.137 e. The van der Waals surface area contributed by atoms with Crippen LogP contribution >= 0.6 is 0 Å². The van der Waals surface area contributed by atoms with Crippen molar-refractivity contribution < 1.29 is 23.7 Å². The van der Waals surface area contributed by atoms with E-state index in [0.717, 1.165) is 18.7 Å². The molecule has 0 saturated heterocycles. The van der Waals surface area contributed by atoms with Crippen molar-refractivity contribution >= 4 is 5.78 Å². The maximum absolute atomic E-state index is 11.4. The van der Waals surface area contributed by atoms with Crippen LogP contribution in [-0.2, 0) is 36.9 Å². The van der Waals surface area contributed by atoms with Gasteiger partial charge in [0.1, 0.15) is 11.5 Å². The fraction of sp³-hybridized carbons (Fsp3) is 0.850. The number of ketones is 1. The van der Waals surface area contributed by atoms with E-state index in [4.69, 9.17) is 18.9 Å². The molecule has 28 heavy (non-hydrogen) atoms. The fourth-order valence-electron chi connectivity index (χ4n) is 2.20. The van der Waals surface area contributed by atoms with Crippen molar-refractivity contribution in [1.29, 1.82) is 0 Å². The molecule has 0 aliphatic rings. The van der Waals surface area contributed by atoms with Gasteiger partial charge in [0.05, 0.1) is 59.1 Å². The number of nitrogens with zero attached hydrogens (tertiary/aromatic N) is 3. The van der Waals surface area contributed by atoms with E-state index < -0.39 is 0 Å². The number of Topliss-reactive ketones (excluding diaryl/α,β-unsaturated/α-hetero) is 1. The molecule has 0 aromatic carbocycles. The summed E-state index contributed by atoms with van der Waals surface area (Å²) in [6.45, 7) is 13.0. The summed E-state index contributed by atoms with van der Waals surface area (Å²) in [5.74, 6) is 0.954. The highest BCUT2D eigenvalue weighted by Gasteiger charge is 2.06. The Balaban J connectivity index is 1.85. The first-order chi connectivity index (χ1) is 13.5. The zero-order valence-corrected chi connectivity index (χ0v) is 17.9. The van der Waals surface area contributed by atoms with Gasteiger partial charge in [-0.15, -0.1) is 5.10 Å². The van der Waals surface area contributed by atoms with Crippen LogP contribution in [0.3, 0.4) is 0 Å². The van der Waals surface area contributed by atoms with E-state index in [1.165, 1.54) is 0 Å². The topological polar surface area (TPSA) is 84.7 Å². The molecule has 0 bridgehead atoms. The monoisotopic (exact) mass is 399 g/mol. The van der Waals surface area contributed by atoms with Crippen molar-refractivity contribution in [2.75, 3.05) is 46.2 Å². The van der Waals surface area contributed by atoms with E-state index in [-0.39, 0.29) is 11.7 Å². The zero-order valence-electron chi connectivity index (χ0n) is 17.9. The molecule has 0 aliphatic heterocycles. The second-order valence-electron chi connectivity index (χ2n) is 7.42. The number of aromatic nitrogens is 3. The third-order valence-corrected chi connectivity index (χ3v) is 4.02. The lowest BCUT2D eigenvalue weighted by Gasteiger charge is -2.07. The first-order valence-electron chi connectivity index (χ1n) is 10.2. The van der Waals surface area contributed by atoms with Gasteiger partial charge in [-0.05, 0) is 12.3 Å². The van der Waals surface area contributed by atoms with Crippen molar-refractivity contribution in [3.8, 4) is 0 Å². The van der Waals surface area contributed by atoms with Crippen molar-refractivity contribution in [3.05, 3.63) is 11.9 Å². The lowest BCUT2D eigenvalue weighted by Crippen LogP contribution is -2.14. The number of carbonyl (C=O) groups is 1. The minimum Gasteiger partial charge on any atom is -0.379 e. The average Bonchev–Trinajstić information content (AvgIpc) is 3.11. The number of hydrogen-bond acceptors (Lipinski definition) is 7. The van der Waals surface area contributed by atoms with E-state index in [1.807, 2.05) is 24.7 Å². The summed E-state index contributed by atoms with van der Waals surface area (Å²) in [6.07, 6.45) is 3.48. The molecule has 0 unspecified atom stereocenters. The summed E-state index contributed by atoms with van der Waals surface area (Å²) < 4.78 is 23.6. The van der Waals surface area contributed by atoms with Gasteiger partial charge in [0.15, 0.2) is 0 Å². The van der Waals surface area contributed by atoms with Gasteiger partial charge in [0, 0.05) is 18.9 Å². The van der Waals surface area contributed by atoms with E-state index in [1.54, 1.807) is 0 Å².